The van der Waals surface area contributed by atoms with Crippen LogP contribution in [0.5, 0.6) is 0 Å². The number of alkyl halides is 3. The first-order chi connectivity index (χ1) is 12.8. The zero-order valence-corrected chi connectivity index (χ0v) is 14.8. The molecule has 2 aliphatic heterocycles. The van der Waals surface area contributed by atoms with Crippen molar-refractivity contribution in [3.05, 3.63) is 41.6 Å². The Morgan fingerprint density at radius 2 is 1.96 bits per heavy atom. The SMILES string of the molecule is NN1CC(C(F)(F)F)=C(CCCN2CCCC2=O)N=C1Nc1ccccc1. The van der Waals surface area contributed by atoms with Crippen LogP contribution in [0.2, 0.25) is 0 Å². The van der Waals surface area contributed by atoms with Gasteiger partial charge in [0.15, 0.2) is 0 Å². The predicted molar refractivity (Wildman–Crippen MR) is 96.5 cm³/mol. The summed E-state index contributed by atoms with van der Waals surface area (Å²) in [5.74, 6) is 6.01. The number of nitrogens with two attached hydrogens (primary N) is 1. The largest absolute Gasteiger partial charge is 0.416 e. The van der Waals surface area contributed by atoms with E-state index in [2.05, 4.69) is 10.3 Å². The summed E-state index contributed by atoms with van der Waals surface area (Å²) in [6.07, 6.45) is -2.62. The molecule has 27 heavy (non-hydrogen) atoms. The topological polar surface area (TPSA) is 74.0 Å². The second-order valence-electron chi connectivity index (χ2n) is 6.57. The number of carbonyl (C=O) groups is 1. The van der Waals surface area contributed by atoms with Crippen molar-refractivity contribution < 1.29 is 18.0 Å². The second-order valence-corrected chi connectivity index (χ2v) is 6.57. The molecule has 1 amide bonds. The van der Waals surface area contributed by atoms with Gasteiger partial charge in [0, 0.05) is 25.2 Å². The summed E-state index contributed by atoms with van der Waals surface area (Å²) in [5.41, 5.74) is -0.0881. The van der Waals surface area contributed by atoms with Crippen molar-refractivity contribution in [1.29, 1.82) is 0 Å². The fourth-order valence-electron chi connectivity index (χ4n) is 3.18. The fraction of sp³-hybridized carbons (Fsp3) is 0.444. The number of nitrogens with one attached hydrogen (secondary N) is 1. The van der Waals surface area contributed by atoms with E-state index in [1.165, 1.54) is 0 Å². The number of hydrogen-bond donors (Lipinski definition) is 2. The number of rotatable bonds is 5. The van der Waals surface area contributed by atoms with Gasteiger partial charge in [-0.1, -0.05) is 18.2 Å². The first-order valence-corrected chi connectivity index (χ1v) is 8.84. The van der Waals surface area contributed by atoms with Gasteiger partial charge in [0.25, 0.3) is 0 Å². The highest BCUT2D eigenvalue weighted by atomic mass is 19.4. The van der Waals surface area contributed by atoms with Crippen LogP contribution in [-0.4, -0.2) is 47.6 Å². The third-order valence-corrected chi connectivity index (χ3v) is 4.57. The lowest BCUT2D eigenvalue weighted by atomic mass is 10.1. The van der Waals surface area contributed by atoms with Gasteiger partial charge in [0.05, 0.1) is 17.8 Å². The lowest BCUT2D eigenvalue weighted by molar-refractivity contribution is -0.127. The molecule has 0 spiro atoms. The van der Waals surface area contributed by atoms with E-state index >= 15 is 0 Å². The number of allylic oxidation sites excluding steroid dienone is 1. The molecule has 3 rings (SSSR count). The quantitative estimate of drug-likeness (QED) is 0.770. The van der Waals surface area contributed by atoms with Crippen LogP contribution in [0.3, 0.4) is 0 Å². The summed E-state index contributed by atoms with van der Waals surface area (Å²) in [6.45, 7) is 0.640. The third-order valence-electron chi connectivity index (χ3n) is 4.57. The molecular formula is C18H22F3N5O. The van der Waals surface area contributed by atoms with Gasteiger partial charge in [-0.05, 0) is 31.4 Å². The van der Waals surface area contributed by atoms with E-state index in [9.17, 15) is 18.0 Å². The highest BCUT2D eigenvalue weighted by Crippen LogP contribution is 2.33. The molecule has 1 saturated heterocycles. The molecule has 2 aliphatic rings. The van der Waals surface area contributed by atoms with Crippen molar-refractivity contribution in [2.24, 2.45) is 10.8 Å². The molecule has 2 heterocycles. The standard InChI is InChI=1S/C18H22F3N5O/c19-18(20,21)14-12-26(22)17(23-13-6-2-1-3-7-13)24-15(14)8-4-10-25-11-5-9-16(25)27/h1-3,6-7H,4-5,8-12,22H2,(H,23,24). The Labute approximate surface area is 155 Å². The molecule has 3 N–H and O–H groups in total. The molecule has 0 aliphatic carbocycles. The van der Waals surface area contributed by atoms with Gasteiger partial charge in [-0.15, -0.1) is 0 Å². The maximum atomic E-state index is 13.4. The van der Waals surface area contributed by atoms with Crippen LogP contribution < -0.4 is 11.2 Å². The van der Waals surface area contributed by atoms with Gasteiger partial charge in [0.2, 0.25) is 11.9 Å². The molecule has 1 aromatic rings. The predicted octanol–water partition coefficient (Wildman–Crippen LogP) is 2.86. The molecule has 0 atom stereocenters. The number of nitrogens with zero attached hydrogens (tertiary/aromatic N) is 3. The van der Waals surface area contributed by atoms with E-state index in [4.69, 9.17) is 5.84 Å². The van der Waals surface area contributed by atoms with Crippen molar-refractivity contribution in [2.45, 2.75) is 31.9 Å². The average Bonchev–Trinajstić information content (AvgIpc) is 3.02. The number of aliphatic imine (C=N–C) groups is 1. The minimum atomic E-state index is -4.50. The minimum absolute atomic E-state index is 0.0331. The molecule has 1 fully saturated rings. The van der Waals surface area contributed by atoms with Crippen LogP contribution in [0.4, 0.5) is 18.9 Å². The first kappa shape index (κ1) is 19.2. The summed E-state index contributed by atoms with van der Waals surface area (Å²) in [6, 6.07) is 8.99. The number of anilines is 1. The zero-order chi connectivity index (χ0) is 19.4. The van der Waals surface area contributed by atoms with E-state index in [0.717, 1.165) is 11.4 Å². The van der Waals surface area contributed by atoms with Crippen LogP contribution in [0.1, 0.15) is 25.7 Å². The van der Waals surface area contributed by atoms with Crippen LogP contribution in [0.15, 0.2) is 46.6 Å². The van der Waals surface area contributed by atoms with Crippen LogP contribution in [0.25, 0.3) is 0 Å². The van der Waals surface area contributed by atoms with Gasteiger partial charge in [-0.3, -0.25) is 9.80 Å². The zero-order valence-electron chi connectivity index (χ0n) is 14.8. The lowest BCUT2D eigenvalue weighted by Crippen LogP contribution is -2.47. The summed E-state index contributed by atoms with van der Waals surface area (Å²) in [4.78, 5) is 17.5. The normalized spacial score (nSPS) is 18.2. The molecule has 0 bridgehead atoms. The van der Waals surface area contributed by atoms with Crippen molar-refractivity contribution >= 4 is 17.6 Å². The van der Waals surface area contributed by atoms with E-state index in [1.54, 1.807) is 29.2 Å². The third kappa shape index (κ3) is 4.79. The molecular weight excluding hydrogens is 359 g/mol. The van der Waals surface area contributed by atoms with Gasteiger partial charge in [-0.25, -0.2) is 10.8 Å². The lowest BCUT2D eigenvalue weighted by Gasteiger charge is -2.29. The van der Waals surface area contributed by atoms with Gasteiger partial charge in [-0.2, -0.15) is 13.2 Å². The number of halogens is 3. The molecule has 0 saturated carbocycles. The summed E-state index contributed by atoms with van der Waals surface area (Å²) in [5, 5.41) is 3.92. The molecule has 0 aromatic heterocycles. The number of para-hydroxylation sites is 1. The average molecular weight is 381 g/mol. The maximum Gasteiger partial charge on any atom is 0.416 e. The second kappa shape index (κ2) is 7.99. The van der Waals surface area contributed by atoms with Gasteiger partial charge < -0.3 is 10.2 Å². The van der Waals surface area contributed by atoms with E-state index < -0.39 is 18.3 Å². The van der Waals surface area contributed by atoms with Crippen molar-refractivity contribution in [3.63, 3.8) is 0 Å². The van der Waals surface area contributed by atoms with Crippen LogP contribution in [0, 0.1) is 0 Å². The van der Waals surface area contributed by atoms with Crippen LogP contribution >= 0.6 is 0 Å². The van der Waals surface area contributed by atoms with Crippen molar-refractivity contribution in [3.8, 4) is 0 Å². The molecule has 1 aromatic carbocycles. The maximum absolute atomic E-state index is 13.4. The minimum Gasteiger partial charge on any atom is -0.343 e. The Hall–Kier alpha value is -2.55. The molecule has 9 heteroatoms. The molecule has 0 unspecified atom stereocenters. The summed E-state index contributed by atoms with van der Waals surface area (Å²) in [7, 11) is 0. The number of amides is 1. The molecule has 6 nitrogen and oxygen atoms in total. The van der Waals surface area contributed by atoms with Crippen molar-refractivity contribution in [2.75, 3.05) is 25.0 Å². The van der Waals surface area contributed by atoms with Gasteiger partial charge in [0.1, 0.15) is 0 Å². The Bertz CT molecular complexity index is 745. The summed E-state index contributed by atoms with van der Waals surface area (Å²) >= 11 is 0. The number of guanidine groups is 1. The highest BCUT2D eigenvalue weighted by Gasteiger charge is 2.39. The van der Waals surface area contributed by atoms with E-state index in [0.29, 0.717) is 31.6 Å². The summed E-state index contributed by atoms with van der Waals surface area (Å²) < 4.78 is 40.2. The fourth-order valence-corrected chi connectivity index (χ4v) is 3.18. The Morgan fingerprint density at radius 1 is 1.22 bits per heavy atom. The van der Waals surface area contributed by atoms with Crippen molar-refractivity contribution in [1.82, 2.24) is 9.91 Å². The number of benzene rings is 1. The number of likely N-dealkylation sites (tertiary alicyclic amines) is 1. The number of carbonyl (C=O) groups excluding carboxylic acids is 1. The smallest absolute Gasteiger partial charge is 0.343 e. The van der Waals surface area contributed by atoms with E-state index in [-0.39, 0.29) is 24.0 Å². The molecule has 0 radical (unpaired) electrons. The van der Waals surface area contributed by atoms with Crippen LogP contribution in [-0.2, 0) is 4.79 Å². The number of hydrazine groups is 1. The first-order valence-electron chi connectivity index (χ1n) is 8.84. The highest BCUT2D eigenvalue weighted by molar-refractivity contribution is 5.94. The Kier molecular flexibility index (Phi) is 5.69. The molecule has 146 valence electrons. The van der Waals surface area contributed by atoms with E-state index in [1.807, 2.05) is 6.07 Å². The monoisotopic (exact) mass is 381 g/mol. The van der Waals surface area contributed by atoms with Gasteiger partial charge >= 0.3 is 6.18 Å². The number of hydrogen-bond acceptors (Lipinski definition) is 5. The Morgan fingerprint density at radius 3 is 2.59 bits per heavy atom. The Balaban J connectivity index is 1.75.